The average molecular weight is 224 g/mol. The molecule has 2 heteroatoms. The second-order valence-electron chi connectivity index (χ2n) is 4.32. The smallest absolute Gasteiger partial charge is 0.0408 e. The maximum Gasteiger partial charge on any atom is 0.0408 e. The van der Waals surface area contributed by atoms with Crippen LogP contribution in [0.4, 0.5) is 0 Å². The Morgan fingerprint density at radius 2 is 2.33 bits per heavy atom. The molecule has 15 heavy (non-hydrogen) atoms. The van der Waals surface area contributed by atoms with Gasteiger partial charge in [0.05, 0.1) is 0 Å². The van der Waals surface area contributed by atoms with E-state index in [4.69, 9.17) is 11.6 Å². The molecule has 1 heterocycles. The minimum atomic E-state index is 0.690. The van der Waals surface area contributed by atoms with Crippen LogP contribution >= 0.6 is 11.6 Å². The van der Waals surface area contributed by atoms with Crippen molar-refractivity contribution in [2.75, 3.05) is 13.1 Å². The maximum atomic E-state index is 6.04. The van der Waals surface area contributed by atoms with Gasteiger partial charge in [0, 0.05) is 5.02 Å². The molecule has 0 radical (unpaired) electrons. The summed E-state index contributed by atoms with van der Waals surface area (Å²) < 4.78 is 0. The van der Waals surface area contributed by atoms with Crippen molar-refractivity contribution in [3.63, 3.8) is 0 Å². The summed E-state index contributed by atoms with van der Waals surface area (Å²) >= 11 is 6.04. The van der Waals surface area contributed by atoms with E-state index in [9.17, 15) is 0 Å². The topological polar surface area (TPSA) is 12.0 Å². The maximum absolute atomic E-state index is 6.04. The van der Waals surface area contributed by atoms with Gasteiger partial charge >= 0.3 is 0 Å². The molecule has 1 aliphatic rings. The summed E-state index contributed by atoms with van der Waals surface area (Å²) in [7, 11) is 0. The first-order chi connectivity index (χ1) is 7.31. The number of benzene rings is 1. The fourth-order valence-corrected chi connectivity index (χ4v) is 2.73. The van der Waals surface area contributed by atoms with Crippen LogP contribution in [0.15, 0.2) is 24.3 Å². The molecule has 2 rings (SSSR count). The molecule has 2 unspecified atom stereocenters. The Balaban J connectivity index is 2.20. The third kappa shape index (κ3) is 2.53. The van der Waals surface area contributed by atoms with Crippen LogP contribution in [0, 0.1) is 5.92 Å². The molecule has 0 aliphatic carbocycles. The van der Waals surface area contributed by atoms with Crippen LogP contribution in [0.25, 0.3) is 0 Å². The van der Waals surface area contributed by atoms with Crippen LogP contribution in [0.5, 0.6) is 0 Å². The van der Waals surface area contributed by atoms with E-state index >= 15 is 0 Å². The van der Waals surface area contributed by atoms with Crippen LogP contribution in [-0.4, -0.2) is 13.1 Å². The lowest BCUT2D eigenvalue weighted by molar-refractivity contribution is 0.318. The SMILES string of the molecule is CCC1CNCCC1c1cccc(Cl)c1. The Hall–Kier alpha value is -0.530. The normalized spacial score (nSPS) is 26.5. The molecule has 2 atom stereocenters. The number of nitrogens with one attached hydrogen (secondary N) is 1. The number of hydrogen-bond acceptors (Lipinski definition) is 1. The fourth-order valence-electron chi connectivity index (χ4n) is 2.53. The predicted octanol–water partition coefficient (Wildman–Crippen LogP) is 3.44. The van der Waals surface area contributed by atoms with Gasteiger partial charge in [-0.15, -0.1) is 0 Å². The Bertz CT molecular complexity index is 324. The summed E-state index contributed by atoms with van der Waals surface area (Å²) in [6, 6.07) is 8.35. The van der Waals surface area contributed by atoms with Crippen LogP contribution < -0.4 is 5.32 Å². The van der Waals surface area contributed by atoms with Crippen molar-refractivity contribution in [1.29, 1.82) is 0 Å². The van der Waals surface area contributed by atoms with Crippen LogP contribution in [0.2, 0.25) is 5.02 Å². The van der Waals surface area contributed by atoms with Gasteiger partial charge in [0.25, 0.3) is 0 Å². The zero-order chi connectivity index (χ0) is 10.7. The molecule has 0 saturated carbocycles. The number of hydrogen-bond donors (Lipinski definition) is 1. The van der Waals surface area contributed by atoms with E-state index in [1.807, 2.05) is 6.07 Å². The molecular weight excluding hydrogens is 206 g/mol. The number of piperidine rings is 1. The van der Waals surface area contributed by atoms with Crippen molar-refractivity contribution in [2.45, 2.75) is 25.7 Å². The lowest BCUT2D eigenvalue weighted by Gasteiger charge is -2.32. The minimum absolute atomic E-state index is 0.690. The molecule has 1 fully saturated rings. The molecular formula is C13H18ClN. The predicted molar refractivity (Wildman–Crippen MR) is 65.5 cm³/mol. The van der Waals surface area contributed by atoms with Gasteiger partial charge in [-0.05, 0) is 49.0 Å². The van der Waals surface area contributed by atoms with Gasteiger partial charge in [-0.3, -0.25) is 0 Å². The molecule has 82 valence electrons. The third-order valence-corrected chi connectivity index (χ3v) is 3.64. The highest BCUT2D eigenvalue weighted by atomic mass is 35.5. The van der Waals surface area contributed by atoms with E-state index in [-0.39, 0.29) is 0 Å². The molecule has 0 aromatic heterocycles. The van der Waals surface area contributed by atoms with Crippen molar-refractivity contribution < 1.29 is 0 Å². The molecule has 1 aliphatic heterocycles. The monoisotopic (exact) mass is 223 g/mol. The van der Waals surface area contributed by atoms with Gasteiger partial charge in [0.2, 0.25) is 0 Å². The molecule has 1 aromatic rings. The van der Waals surface area contributed by atoms with Crippen LogP contribution in [-0.2, 0) is 0 Å². The zero-order valence-corrected chi connectivity index (χ0v) is 9.93. The largest absolute Gasteiger partial charge is 0.316 e. The van der Waals surface area contributed by atoms with Crippen molar-refractivity contribution in [2.24, 2.45) is 5.92 Å². The minimum Gasteiger partial charge on any atom is -0.316 e. The molecule has 1 aromatic carbocycles. The van der Waals surface area contributed by atoms with Crippen molar-refractivity contribution in [3.05, 3.63) is 34.9 Å². The third-order valence-electron chi connectivity index (χ3n) is 3.41. The summed E-state index contributed by atoms with van der Waals surface area (Å²) in [5, 5.41) is 4.33. The van der Waals surface area contributed by atoms with Gasteiger partial charge in [-0.2, -0.15) is 0 Å². The highest BCUT2D eigenvalue weighted by Gasteiger charge is 2.24. The van der Waals surface area contributed by atoms with Crippen molar-refractivity contribution in [3.8, 4) is 0 Å². The Labute approximate surface area is 96.8 Å². The highest BCUT2D eigenvalue weighted by molar-refractivity contribution is 6.30. The molecule has 0 bridgehead atoms. The molecule has 0 amide bonds. The quantitative estimate of drug-likeness (QED) is 0.810. The molecule has 1 nitrogen and oxygen atoms in total. The van der Waals surface area contributed by atoms with Crippen LogP contribution in [0.1, 0.15) is 31.2 Å². The number of rotatable bonds is 2. The van der Waals surface area contributed by atoms with E-state index in [0.717, 1.165) is 24.0 Å². The zero-order valence-electron chi connectivity index (χ0n) is 9.17. The van der Waals surface area contributed by atoms with E-state index in [2.05, 4.69) is 30.4 Å². The second kappa shape index (κ2) is 5.00. The van der Waals surface area contributed by atoms with Gasteiger partial charge in [-0.1, -0.05) is 37.1 Å². The first kappa shape index (κ1) is 11.0. The Morgan fingerprint density at radius 3 is 3.07 bits per heavy atom. The fraction of sp³-hybridized carbons (Fsp3) is 0.538. The van der Waals surface area contributed by atoms with E-state index < -0.39 is 0 Å². The lowest BCUT2D eigenvalue weighted by Crippen LogP contribution is -2.35. The van der Waals surface area contributed by atoms with E-state index in [1.54, 1.807) is 0 Å². The van der Waals surface area contributed by atoms with Gasteiger partial charge in [0.15, 0.2) is 0 Å². The first-order valence-corrected chi connectivity index (χ1v) is 6.15. The van der Waals surface area contributed by atoms with Crippen molar-refractivity contribution >= 4 is 11.6 Å². The second-order valence-corrected chi connectivity index (χ2v) is 4.76. The van der Waals surface area contributed by atoms with Gasteiger partial charge < -0.3 is 5.32 Å². The Kier molecular flexibility index (Phi) is 3.66. The summed E-state index contributed by atoms with van der Waals surface area (Å²) in [4.78, 5) is 0. The first-order valence-electron chi connectivity index (χ1n) is 5.77. The van der Waals surface area contributed by atoms with E-state index in [0.29, 0.717) is 5.92 Å². The average Bonchev–Trinajstić information content (AvgIpc) is 2.29. The number of halogens is 1. The molecule has 0 spiro atoms. The van der Waals surface area contributed by atoms with Crippen LogP contribution in [0.3, 0.4) is 0 Å². The molecule has 1 N–H and O–H groups in total. The van der Waals surface area contributed by atoms with Gasteiger partial charge in [-0.25, -0.2) is 0 Å². The summed E-state index contributed by atoms with van der Waals surface area (Å²) in [6.45, 7) is 4.55. The lowest BCUT2D eigenvalue weighted by atomic mass is 9.80. The standard InChI is InChI=1S/C13H18ClN/c1-2-10-9-15-7-6-13(10)11-4-3-5-12(14)8-11/h3-5,8,10,13,15H,2,6-7,9H2,1H3. The Morgan fingerprint density at radius 1 is 1.47 bits per heavy atom. The van der Waals surface area contributed by atoms with E-state index in [1.165, 1.54) is 18.4 Å². The summed E-state index contributed by atoms with van der Waals surface area (Å²) in [5.41, 5.74) is 1.41. The molecule has 1 saturated heterocycles. The summed E-state index contributed by atoms with van der Waals surface area (Å²) in [5.74, 6) is 1.45. The summed E-state index contributed by atoms with van der Waals surface area (Å²) in [6.07, 6.45) is 2.48. The van der Waals surface area contributed by atoms with Gasteiger partial charge in [0.1, 0.15) is 0 Å². The highest BCUT2D eigenvalue weighted by Crippen LogP contribution is 2.33. The van der Waals surface area contributed by atoms with Crippen molar-refractivity contribution in [1.82, 2.24) is 5.32 Å².